The number of imidazole rings is 1. The lowest BCUT2D eigenvalue weighted by molar-refractivity contribution is 0.158. The molecule has 0 radical (unpaired) electrons. The van der Waals surface area contributed by atoms with Crippen molar-refractivity contribution in [1.82, 2.24) is 19.5 Å². The fourth-order valence-corrected chi connectivity index (χ4v) is 2.48. The third-order valence-electron chi connectivity index (χ3n) is 3.81. The van der Waals surface area contributed by atoms with Crippen molar-refractivity contribution in [2.24, 2.45) is 11.3 Å². The topological polar surface area (TPSA) is 110 Å². The average molecular weight is 249 g/mol. The number of nitrogens with two attached hydrogens (primary N) is 1. The molecule has 1 fully saturated rings. The summed E-state index contributed by atoms with van der Waals surface area (Å²) in [7, 11) is 0. The van der Waals surface area contributed by atoms with Gasteiger partial charge in [-0.1, -0.05) is 0 Å². The lowest BCUT2D eigenvalue weighted by Crippen LogP contribution is -2.19. The fourth-order valence-electron chi connectivity index (χ4n) is 2.48. The Labute approximate surface area is 103 Å². The summed E-state index contributed by atoms with van der Waals surface area (Å²) in [6.45, 7) is 0.741. The van der Waals surface area contributed by atoms with Crippen LogP contribution in [0.3, 0.4) is 0 Å². The quantitative estimate of drug-likeness (QED) is 0.667. The Morgan fingerprint density at radius 3 is 2.89 bits per heavy atom. The molecule has 7 nitrogen and oxygen atoms in total. The van der Waals surface area contributed by atoms with Crippen LogP contribution in [-0.4, -0.2) is 42.9 Å². The highest BCUT2D eigenvalue weighted by molar-refractivity contribution is 5.81. The summed E-state index contributed by atoms with van der Waals surface area (Å²) in [4.78, 5) is 12.2. The van der Waals surface area contributed by atoms with Gasteiger partial charge in [0.25, 0.3) is 0 Å². The molecule has 96 valence electrons. The summed E-state index contributed by atoms with van der Waals surface area (Å²) in [5.74, 6) is 0.505. The van der Waals surface area contributed by atoms with Crippen molar-refractivity contribution in [3.63, 3.8) is 0 Å². The first kappa shape index (κ1) is 11.4. The van der Waals surface area contributed by atoms with Crippen molar-refractivity contribution >= 4 is 17.0 Å². The van der Waals surface area contributed by atoms with Gasteiger partial charge in [-0.2, -0.15) is 0 Å². The Hall–Kier alpha value is -1.73. The number of aromatic nitrogens is 4. The number of rotatable bonds is 4. The van der Waals surface area contributed by atoms with Crippen LogP contribution in [0.1, 0.15) is 6.42 Å². The number of aliphatic hydroxyl groups excluding tert-OH is 2. The maximum Gasteiger partial charge on any atom is 0.165 e. The molecule has 18 heavy (non-hydrogen) atoms. The molecule has 0 unspecified atom stereocenters. The van der Waals surface area contributed by atoms with Crippen LogP contribution in [0.15, 0.2) is 12.7 Å². The van der Waals surface area contributed by atoms with E-state index in [1.807, 2.05) is 4.57 Å². The number of hydrogen-bond donors (Lipinski definition) is 3. The van der Waals surface area contributed by atoms with Gasteiger partial charge in [-0.15, -0.1) is 0 Å². The Morgan fingerprint density at radius 1 is 1.39 bits per heavy atom. The van der Waals surface area contributed by atoms with E-state index in [2.05, 4.69) is 15.0 Å². The van der Waals surface area contributed by atoms with Crippen molar-refractivity contribution in [2.75, 3.05) is 18.9 Å². The third kappa shape index (κ3) is 1.55. The maximum absolute atomic E-state index is 9.48. The predicted molar refractivity (Wildman–Crippen MR) is 64.4 cm³/mol. The van der Waals surface area contributed by atoms with E-state index in [-0.39, 0.29) is 24.5 Å². The van der Waals surface area contributed by atoms with E-state index in [0.717, 1.165) is 6.42 Å². The van der Waals surface area contributed by atoms with Gasteiger partial charge in [0, 0.05) is 18.6 Å². The molecule has 2 aromatic heterocycles. The van der Waals surface area contributed by atoms with Crippen molar-refractivity contribution in [1.29, 1.82) is 0 Å². The molecule has 0 spiro atoms. The molecule has 2 heterocycles. The van der Waals surface area contributed by atoms with Crippen LogP contribution in [0, 0.1) is 11.3 Å². The Kier molecular flexibility index (Phi) is 2.46. The fraction of sp³-hybridized carbons (Fsp3) is 0.545. The molecule has 0 bridgehead atoms. The van der Waals surface area contributed by atoms with E-state index in [9.17, 15) is 10.2 Å². The van der Waals surface area contributed by atoms with Crippen molar-refractivity contribution in [2.45, 2.75) is 13.0 Å². The van der Waals surface area contributed by atoms with Gasteiger partial charge >= 0.3 is 0 Å². The second-order valence-electron chi connectivity index (χ2n) is 4.91. The smallest absolute Gasteiger partial charge is 0.165 e. The van der Waals surface area contributed by atoms with E-state index in [1.54, 1.807) is 6.33 Å². The van der Waals surface area contributed by atoms with Crippen LogP contribution >= 0.6 is 0 Å². The Morgan fingerprint density at radius 2 is 2.22 bits per heavy atom. The van der Waals surface area contributed by atoms with Gasteiger partial charge in [0.15, 0.2) is 11.5 Å². The molecular formula is C11H15N5O2. The minimum absolute atomic E-state index is 0.0540. The maximum atomic E-state index is 9.48. The second-order valence-corrected chi connectivity index (χ2v) is 4.91. The first-order valence-corrected chi connectivity index (χ1v) is 5.83. The van der Waals surface area contributed by atoms with Gasteiger partial charge < -0.3 is 20.5 Å². The zero-order chi connectivity index (χ0) is 12.8. The van der Waals surface area contributed by atoms with Crippen molar-refractivity contribution in [3.05, 3.63) is 12.7 Å². The summed E-state index contributed by atoms with van der Waals surface area (Å²) in [5, 5.41) is 18.7. The SMILES string of the molecule is Nc1ncnc2c1ncn2C[C@]1(CO)C[C@H]1CO. The normalized spacial score (nSPS) is 26.7. The van der Waals surface area contributed by atoms with Gasteiger partial charge in [-0.3, -0.25) is 0 Å². The lowest BCUT2D eigenvalue weighted by Gasteiger charge is -2.14. The van der Waals surface area contributed by atoms with Crippen LogP contribution in [0.5, 0.6) is 0 Å². The minimum atomic E-state index is -0.248. The first-order chi connectivity index (χ1) is 8.70. The molecule has 2 aromatic rings. The van der Waals surface area contributed by atoms with Crippen LogP contribution in [0.25, 0.3) is 11.2 Å². The van der Waals surface area contributed by atoms with Crippen LogP contribution in [0.4, 0.5) is 5.82 Å². The molecule has 0 aromatic carbocycles. The van der Waals surface area contributed by atoms with Crippen molar-refractivity contribution in [3.8, 4) is 0 Å². The van der Waals surface area contributed by atoms with Crippen LogP contribution in [-0.2, 0) is 6.54 Å². The van der Waals surface area contributed by atoms with Gasteiger partial charge in [-0.25, -0.2) is 15.0 Å². The predicted octanol–water partition coefficient (Wildman–Crippen LogP) is -0.601. The summed E-state index contributed by atoms with van der Waals surface area (Å²) >= 11 is 0. The monoisotopic (exact) mass is 249 g/mol. The lowest BCUT2D eigenvalue weighted by atomic mass is 10.1. The van der Waals surface area contributed by atoms with Gasteiger partial charge in [0.05, 0.1) is 12.9 Å². The highest BCUT2D eigenvalue weighted by Gasteiger charge is 2.53. The molecule has 0 amide bonds. The van der Waals surface area contributed by atoms with Crippen LogP contribution < -0.4 is 5.73 Å². The van der Waals surface area contributed by atoms with Gasteiger partial charge in [0.1, 0.15) is 11.8 Å². The van der Waals surface area contributed by atoms with E-state index >= 15 is 0 Å². The summed E-state index contributed by atoms with van der Waals surface area (Å²) in [6, 6.07) is 0. The average Bonchev–Trinajstić information content (AvgIpc) is 2.94. The summed E-state index contributed by atoms with van der Waals surface area (Å²) in [6.07, 6.45) is 3.87. The Bertz CT molecular complexity index is 584. The Balaban J connectivity index is 1.94. The second kappa shape index (κ2) is 3.89. The zero-order valence-corrected chi connectivity index (χ0v) is 9.82. The van der Waals surface area contributed by atoms with E-state index < -0.39 is 0 Å². The number of anilines is 1. The number of hydrogen-bond acceptors (Lipinski definition) is 6. The summed E-state index contributed by atoms with van der Waals surface area (Å²) in [5.41, 5.74) is 6.71. The largest absolute Gasteiger partial charge is 0.396 e. The van der Waals surface area contributed by atoms with Crippen LogP contribution in [0.2, 0.25) is 0 Å². The molecule has 3 rings (SSSR count). The minimum Gasteiger partial charge on any atom is -0.396 e. The van der Waals surface area contributed by atoms with Crippen molar-refractivity contribution < 1.29 is 10.2 Å². The van der Waals surface area contributed by atoms with E-state index in [4.69, 9.17) is 5.73 Å². The highest BCUT2D eigenvalue weighted by Crippen LogP contribution is 2.53. The summed E-state index contributed by atoms with van der Waals surface area (Å²) < 4.78 is 1.86. The number of fused-ring (bicyclic) bond motifs is 1. The zero-order valence-electron chi connectivity index (χ0n) is 9.82. The standard InChI is InChI=1S/C11H15N5O2/c12-9-8-10(14-5-13-9)16(6-15-8)3-11(4-18)1-7(11)2-17/h5-7,17-18H,1-4H2,(H2,12,13,14)/t7-,11-/m0/s1. The molecular weight excluding hydrogens is 234 g/mol. The van der Waals surface area contributed by atoms with Gasteiger partial charge in [0.2, 0.25) is 0 Å². The number of aliphatic hydroxyl groups is 2. The molecule has 0 saturated heterocycles. The third-order valence-corrected chi connectivity index (χ3v) is 3.81. The molecule has 2 atom stereocenters. The molecule has 1 saturated carbocycles. The molecule has 1 aliphatic carbocycles. The molecule has 7 heteroatoms. The van der Waals surface area contributed by atoms with E-state index in [1.165, 1.54) is 6.33 Å². The first-order valence-electron chi connectivity index (χ1n) is 5.83. The molecule has 1 aliphatic rings. The number of nitrogens with zero attached hydrogens (tertiary/aromatic N) is 4. The molecule has 4 N–H and O–H groups in total. The van der Waals surface area contributed by atoms with Gasteiger partial charge in [-0.05, 0) is 12.3 Å². The molecule has 0 aliphatic heterocycles. The highest BCUT2D eigenvalue weighted by atomic mass is 16.3. The van der Waals surface area contributed by atoms with E-state index in [0.29, 0.717) is 23.5 Å². The number of nitrogen functional groups attached to an aromatic ring is 1.